The highest BCUT2D eigenvalue weighted by atomic mass is 79.9. The number of alkyl halides is 1. The number of primary amides is 1. The number of hydrogen-bond donors (Lipinski definition) is 2. The normalized spacial score (nSPS) is 12.0. The smallest absolute Gasteiger partial charge is 0.255 e. The lowest BCUT2D eigenvalue weighted by Gasteiger charge is -2.07. The van der Waals surface area contributed by atoms with Crippen LogP contribution in [0.15, 0.2) is 4.42 Å². The Balaban J connectivity index is 3.22. The van der Waals surface area contributed by atoms with Crippen LogP contribution in [0.2, 0.25) is 0 Å². The largest absolute Gasteiger partial charge is 0.444 e. The van der Waals surface area contributed by atoms with Crippen molar-refractivity contribution in [3.8, 4) is 0 Å². The summed E-state index contributed by atoms with van der Waals surface area (Å²) in [6.45, 7) is 4.65. The van der Waals surface area contributed by atoms with Crippen molar-refractivity contribution >= 4 is 39.4 Å². The lowest BCUT2D eigenvalue weighted by atomic mass is 10.1. The zero-order valence-electron chi connectivity index (χ0n) is 10.9. The van der Waals surface area contributed by atoms with E-state index in [1.807, 2.05) is 6.92 Å². The van der Waals surface area contributed by atoms with E-state index in [1.54, 1.807) is 0 Å². The van der Waals surface area contributed by atoms with Crippen LogP contribution in [0, 0.1) is 6.92 Å². The van der Waals surface area contributed by atoms with Crippen LogP contribution in [0.5, 0.6) is 0 Å². The predicted molar refractivity (Wildman–Crippen MR) is 73.6 cm³/mol. The molecule has 19 heavy (non-hydrogen) atoms. The summed E-state index contributed by atoms with van der Waals surface area (Å²) in [4.78, 5) is 34.3. The molecule has 6 nitrogen and oxygen atoms in total. The van der Waals surface area contributed by atoms with E-state index in [0.717, 1.165) is 0 Å². The van der Waals surface area contributed by atoms with E-state index in [9.17, 15) is 14.4 Å². The Hall–Kier alpha value is -1.63. The number of nitrogens with one attached hydrogen (secondary N) is 1. The molecule has 7 heteroatoms. The van der Waals surface area contributed by atoms with Gasteiger partial charge in [-0.05, 0) is 20.3 Å². The minimum atomic E-state index is -0.819. The molecule has 1 atom stereocenters. The first kappa shape index (κ1) is 15.4. The van der Waals surface area contributed by atoms with Gasteiger partial charge in [0, 0.05) is 0 Å². The van der Waals surface area contributed by atoms with Crippen molar-refractivity contribution in [3.05, 3.63) is 16.9 Å². The second-order valence-corrected chi connectivity index (χ2v) is 5.13. The molecule has 104 valence electrons. The predicted octanol–water partition coefficient (Wildman–Crippen LogP) is 2.00. The number of nitrogens with two attached hydrogens (primary N) is 1. The zero-order chi connectivity index (χ0) is 14.7. The van der Waals surface area contributed by atoms with E-state index in [4.69, 9.17) is 10.2 Å². The average molecular weight is 331 g/mol. The molecule has 2 amide bonds. The van der Waals surface area contributed by atoms with Crippen LogP contribution in [0.1, 0.15) is 46.7 Å². The van der Waals surface area contributed by atoms with Gasteiger partial charge in [0.25, 0.3) is 5.91 Å². The summed E-state index contributed by atoms with van der Waals surface area (Å²) in [7, 11) is 0. The zero-order valence-corrected chi connectivity index (χ0v) is 12.5. The van der Waals surface area contributed by atoms with Crippen molar-refractivity contribution in [3.63, 3.8) is 0 Å². The van der Waals surface area contributed by atoms with Gasteiger partial charge in [0.05, 0.1) is 10.4 Å². The molecule has 0 aliphatic rings. The summed E-state index contributed by atoms with van der Waals surface area (Å²) >= 11 is 3.18. The maximum Gasteiger partial charge on any atom is 0.255 e. The summed E-state index contributed by atoms with van der Waals surface area (Å²) in [5.41, 5.74) is 5.25. The maximum atomic E-state index is 11.8. The number of Topliss-reactive ketones (excluding diaryl/α,β-unsaturated/α-hetero) is 1. The molecule has 3 N–H and O–H groups in total. The summed E-state index contributed by atoms with van der Waals surface area (Å²) in [5.74, 6) is -1.37. The first-order valence-electron chi connectivity index (χ1n) is 5.68. The van der Waals surface area contributed by atoms with E-state index in [2.05, 4.69) is 21.2 Å². The number of hydrogen-bond acceptors (Lipinski definition) is 4. The quantitative estimate of drug-likeness (QED) is 0.636. The van der Waals surface area contributed by atoms with Gasteiger partial charge in [-0.2, -0.15) is 0 Å². The molecule has 0 aliphatic heterocycles. The number of amides is 2. The fraction of sp³-hybridized carbons (Fsp3) is 0.417. The molecule has 1 aromatic rings. The average Bonchev–Trinajstić information content (AvgIpc) is 2.64. The fourth-order valence-corrected chi connectivity index (χ4v) is 1.78. The van der Waals surface area contributed by atoms with Gasteiger partial charge in [0.15, 0.2) is 5.78 Å². The Labute approximate surface area is 118 Å². The Morgan fingerprint density at radius 3 is 2.37 bits per heavy atom. The van der Waals surface area contributed by atoms with Crippen molar-refractivity contribution in [2.75, 3.05) is 5.32 Å². The second kappa shape index (κ2) is 6.01. The molecular weight excluding hydrogens is 316 g/mol. The van der Waals surface area contributed by atoms with Gasteiger partial charge in [-0.25, -0.2) is 0 Å². The molecule has 1 rings (SSSR count). The number of rotatable bonds is 5. The topological polar surface area (TPSA) is 102 Å². The van der Waals surface area contributed by atoms with Crippen LogP contribution in [0.3, 0.4) is 0 Å². The Kier molecular flexibility index (Phi) is 4.88. The number of furan rings is 1. The van der Waals surface area contributed by atoms with Gasteiger partial charge in [-0.1, -0.05) is 22.9 Å². The molecule has 0 saturated carbocycles. The Bertz CT molecular complexity index is 536. The summed E-state index contributed by atoms with van der Waals surface area (Å²) in [6, 6.07) is 0. The van der Waals surface area contributed by atoms with Gasteiger partial charge in [-0.15, -0.1) is 0 Å². The highest BCUT2D eigenvalue weighted by Gasteiger charge is 2.27. The van der Waals surface area contributed by atoms with Gasteiger partial charge < -0.3 is 10.2 Å². The molecule has 1 heterocycles. The van der Waals surface area contributed by atoms with E-state index in [-0.39, 0.29) is 34.5 Å². The fourth-order valence-electron chi connectivity index (χ4n) is 1.67. The van der Waals surface area contributed by atoms with Crippen molar-refractivity contribution < 1.29 is 18.8 Å². The van der Waals surface area contributed by atoms with Crippen LogP contribution < -0.4 is 11.1 Å². The van der Waals surface area contributed by atoms with Crippen LogP contribution in [0.4, 0.5) is 5.88 Å². The summed E-state index contributed by atoms with van der Waals surface area (Å²) < 4.78 is 5.26. The minimum Gasteiger partial charge on any atom is -0.444 e. The monoisotopic (exact) mass is 330 g/mol. The van der Waals surface area contributed by atoms with Gasteiger partial charge in [0.2, 0.25) is 11.8 Å². The summed E-state index contributed by atoms with van der Waals surface area (Å²) in [5, 5.41) is 2.45. The standard InChI is InChI=1S/C12H15BrN2O4/c1-4-7(13)11(18)15-12-9(10(14)17)8(5(2)16)6(3)19-12/h7H,4H2,1-3H3,(H2,14,17)(H,15,18). The molecule has 0 aliphatic carbocycles. The van der Waals surface area contributed by atoms with Crippen molar-refractivity contribution in [2.24, 2.45) is 5.73 Å². The second-order valence-electron chi connectivity index (χ2n) is 4.02. The molecule has 0 bridgehead atoms. The molecule has 0 saturated heterocycles. The minimum absolute atomic E-state index is 0.0851. The van der Waals surface area contributed by atoms with E-state index >= 15 is 0 Å². The first-order valence-corrected chi connectivity index (χ1v) is 6.60. The van der Waals surface area contributed by atoms with Crippen LogP contribution in [0.25, 0.3) is 0 Å². The molecule has 1 aromatic heterocycles. The van der Waals surface area contributed by atoms with Crippen LogP contribution in [-0.4, -0.2) is 22.4 Å². The first-order chi connectivity index (χ1) is 8.79. The van der Waals surface area contributed by atoms with Gasteiger partial charge in [0.1, 0.15) is 11.3 Å². The van der Waals surface area contributed by atoms with Gasteiger partial charge >= 0.3 is 0 Å². The van der Waals surface area contributed by atoms with Crippen molar-refractivity contribution in [1.82, 2.24) is 0 Å². The summed E-state index contributed by atoms with van der Waals surface area (Å²) in [6.07, 6.45) is 0.566. The SMILES string of the molecule is CCC(Br)C(=O)Nc1oc(C)c(C(C)=O)c1C(N)=O. The van der Waals surface area contributed by atoms with Crippen LogP contribution >= 0.6 is 15.9 Å². The number of anilines is 1. The third kappa shape index (κ3) is 3.23. The maximum absolute atomic E-state index is 11.8. The molecule has 1 unspecified atom stereocenters. The Morgan fingerprint density at radius 2 is 1.95 bits per heavy atom. The third-order valence-electron chi connectivity index (χ3n) is 2.56. The molecule has 0 radical (unpaired) electrons. The number of halogens is 1. The molecule has 0 spiro atoms. The number of aryl methyl sites for hydroxylation is 1. The third-order valence-corrected chi connectivity index (χ3v) is 3.63. The van der Waals surface area contributed by atoms with Crippen LogP contribution in [-0.2, 0) is 4.79 Å². The lowest BCUT2D eigenvalue weighted by Crippen LogP contribution is -2.24. The molecule has 0 fully saturated rings. The highest BCUT2D eigenvalue weighted by Crippen LogP contribution is 2.27. The molecular formula is C12H15BrN2O4. The Morgan fingerprint density at radius 1 is 1.37 bits per heavy atom. The highest BCUT2D eigenvalue weighted by molar-refractivity contribution is 9.10. The van der Waals surface area contributed by atoms with E-state index in [0.29, 0.717) is 6.42 Å². The number of carbonyl (C=O) groups excluding carboxylic acids is 3. The van der Waals surface area contributed by atoms with Crippen molar-refractivity contribution in [1.29, 1.82) is 0 Å². The van der Waals surface area contributed by atoms with E-state index < -0.39 is 10.7 Å². The van der Waals surface area contributed by atoms with Crippen molar-refractivity contribution in [2.45, 2.75) is 32.0 Å². The number of carbonyl (C=O) groups is 3. The molecule has 0 aromatic carbocycles. The lowest BCUT2D eigenvalue weighted by molar-refractivity contribution is -0.115. The number of ketones is 1. The van der Waals surface area contributed by atoms with E-state index in [1.165, 1.54) is 13.8 Å². The van der Waals surface area contributed by atoms with Gasteiger partial charge in [-0.3, -0.25) is 19.7 Å².